The van der Waals surface area contributed by atoms with E-state index >= 15 is 0 Å². The van der Waals surface area contributed by atoms with Crippen molar-refractivity contribution < 1.29 is 14.3 Å². The van der Waals surface area contributed by atoms with Gasteiger partial charge in [-0.2, -0.15) is 8.75 Å². The summed E-state index contributed by atoms with van der Waals surface area (Å²) in [6.07, 6.45) is 1.50. The van der Waals surface area contributed by atoms with Crippen molar-refractivity contribution in [2.24, 2.45) is 0 Å². The molecule has 1 amide bonds. The van der Waals surface area contributed by atoms with Gasteiger partial charge in [-0.3, -0.25) is 14.9 Å². The Labute approximate surface area is 151 Å². The number of fused-ring (bicyclic) bond motifs is 2. The number of ether oxygens (including phenoxy) is 1. The number of hydrogen-bond donors (Lipinski definition) is 1. The second-order valence-electron chi connectivity index (χ2n) is 5.59. The number of hydrogen-bond acceptors (Lipinski definition) is 8. The second kappa shape index (κ2) is 6.49. The SMILES string of the molecule is CCOC(=O)C1CCc2sc(NC(=O)c3ccc4nsnc4c3)nc21. The van der Waals surface area contributed by atoms with E-state index < -0.39 is 0 Å². The molecule has 0 aliphatic heterocycles. The summed E-state index contributed by atoms with van der Waals surface area (Å²) in [5, 5.41) is 3.31. The largest absolute Gasteiger partial charge is 0.465 e. The first kappa shape index (κ1) is 16.1. The molecular formula is C16H14N4O3S2. The van der Waals surface area contributed by atoms with Gasteiger partial charge in [0.05, 0.1) is 24.0 Å². The van der Waals surface area contributed by atoms with Crippen LogP contribution in [0.4, 0.5) is 5.13 Å². The molecule has 25 heavy (non-hydrogen) atoms. The van der Waals surface area contributed by atoms with Crippen molar-refractivity contribution in [3.05, 3.63) is 34.3 Å². The number of aryl methyl sites for hydroxylation is 1. The van der Waals surface area contributed by atoms with Gasteiger partial charge in [-0.15, -0.1) is 11.3 Å². The Morgan fingerprint density at radius 2 is 2.16 bits per heavy atom. The highest BCUT2D eigenvalue weighted by Gasteiger charge is 2.33. The highest BCUT2D eigenvalue weighted by molar-refractivity contribution is 7.16. The lowest BCUT2D eigenvalue weighted by Gasteiger charge is -2.08. The first-order valence-corrected chi connectivity index (χ1v) is 9.40. The summed E-state index contributed by atoms with van der Waals surface area (Å²) in [5.41, 5.74) is 2.70. The third kappa shape index (κ3) is 3.00. The Balaban J connectivity index is 1.52. The second-order valence-corrected chi connectivity index (χ2v) is 7.20. The zero-order chi connectivity index (χ0) is 17.4. The molecule has 2 aromatic heterocycles. The van der Waals surface area contributed by atoms with Gasteiger partial charge in [-0.05, 0) is 38.0 Å². The molecule has 0 saturated carbocycles. The minimum atomic E-state index is -0.325. The van der Waals surface area contributed by atoms with E-state index in [1.807, 2.05) is 0 Å². The summed E-state index contributed by atoms with van der Waals surface area (Å²) >= 11 is 2.53. The van der Waals surface area contributed by atoms with Crippen molar-refractivity contribution in [3.8, 4) is 0 Å². The number of nitrogens with one attached hydrogen (secondary N) is 1. The van der Waals surface area contributed by atoms with Gasteiger partial charge in [0.1, 0.15) is 17.0 Å². The van der Waals surface area contributed by atoms with Gasteiger partial charge in [0.25, 0.3) is 5.91 Å². The maximum Gasteiger partial charge on any atom is 0.315 e. The van der Waals surface area contributed by atoms with E-state index in [0.29, 0.717) is 29.2 Å². The van der Waals surface area contributed by atoms with E-state index in [2.05, 4.69) is 19.0 Å². The topological polar surface area (TPSA) is 94.1 Å². The minimum Gasteiger partial charge on any atom is -0.465 e. The van der Waals surface area contributed by atoms with Crippen LogP contribution in [0.5, 0.6) is 0 Å². The molecule has 0 fully saturated rings. The number of esters is 1. The number of nitrogens with zero attached hydrogens (tertiary/aromatic N) is 3. The number of anilines is 1. The molecule has 1 N–H and O–H groups in total. The number of amides is 1. The number of rotatable bonds is 4. The van der Waals surface area contributed by atoms with Gasteiger partial charge in [0.2, 0.25) is 0 Å². The molecule has 1 unspecified atom stereocenters. The van der Waals surface area contributed by atoms with Gasteiger partial charge < -0.3 is 4.74 Å². The first-order chi connectivity index (χ1) is 12.2. The van der Waals surface area contributed by atoms with Crippen molar-refractivity contribution >= 4 is 51.1 Å². The molecule has 1 aliphatic carbocycles. The lowest BCUT2D eigenvalue weighted by molar-refractivity contribution is -0.145. The Bertz CT molecular complexity index is 965. The van der Waals surface area contributed by atoms with Gasteiger partial charge in [-0.1, -0.05) is 0 Å². The molecule has 0 bridgehead atoms. The van der Waals surface area contributed by atoms with E-state index in [4.69, 9.17) is 4.74 Å². The van der Waals surface area contributed by atoms with Crippen LogP contribution in [0.3, 0.4) is 0 Å². The van der Waals surface area contributed by atoms with Crippen LogP contribution in [0.25, 0.3) is 11.0 Å². The fourth-order valence-corrected chi connectivity index (χ4v) is 4.40. The van der Waals surface area contributed by atoms with E-state index in [1.54, 1.807) is 25.1 Å². The van der Waals surface area contributed by atoms with Crippen molar-refractivity contribution in [1.82, 2.24) is 13.7 Å². The number of carbonyl (C=O) groups excluding carboxylic acids is 2. The monoisotopic (exact) mass is 374 g/mol. The van der Waals surface area contributed by atoms with Crippen molar-refractivity contribution in [2.75, 3.05) is 11.9 Å². The average molecular weight is 374 g/mol. The van der Waals surface area contributed by atoms with Gasteiger partial charge in [0.15, 0.2) is 5.13 Å². The average Bonchev–Trinajstić information content (AvgIpc) is 3.28. The number of aromatic nitrogens is 3. The molecule has 1 atom stereocenters. The Morgan fingerprint density at radius 3 is 3.00 bits per heavy atom. The van der Waals surface area contributed by atoms with Crippen LogP contribution in [0.2, 0.25) is 0 Å². The van der Waals surface area contributed by atoms with Crippen molar-refractivity contribution in [2.45, 2.75) is 25.7 Å². The fraction of sp³-hybridized carbons (Fsp3) is 0.312. The molecule has 7 nitrogen and oxygen atoms in total. The Hall–Kier alpha value is -2.39. The Morgan fingerprint density at radius 1 is 1.32 bits per heavy atom. The maximum absolute atomic E-state index is 12.4. The molecule has 3 aromatic rings. The molecule has 0 saturated heterocycles. The van der Waals surface area contributed by atoms with Crippen LogP contribution >= 0.6 is 23.1 Å². The molecule has 1 aliphatic rings. The molecule has 4 rings (SSSR count). The number of thiazole rings is 1. The predicted octanol–water partition coefficient (Wildman–Crippen LogP) is 2.99. The summed E-state index contributed by atoms with van der Waals surface area (Å²) in [6.45, 7) is 2.14. The third-order valence-corrected chi connectivity index (χ3v) is 5.63. The summed E-state index contributed by atoms with van der Waals surface area (Å²) in [4.78, 5) is 29.9. The van der Waals surface area contributed by atoms with Crippen LogP contribution in [0.15, 0.2) is 18.2 Å². The summed E-state index contributed by atoms with van der Waals surface area (Å²) < 4.78 is 13.4. The molecule has 128 valence electrons. The molecule has 0 radical (unpaired) electrons. The van der Waals surface area contributed by atoms with Crippen molar-refractivity contribution in [3.63, 3.8) is 0 Å². The van der Waals surface area contributed by atoms with E-state index in [9.17, 15) is 9.59 Å². The van der Waals surface area contributed by atoms with Crippen LogP contribution < -0.4 is 5.32 Å². The standard InChI is InChI=1S/C16H14N4O3S2/c1-2-23-15(22)9-4-6-12-13(9)17-16(24-12)18-14(21)8-3-5-10-11(7-8)20-25-19-10/h3,5,7,9H,2,4,6H2,1H3,(H,17,18,21). The number of carbonyl (C=O) groups is 2. The predicted molar refractivity (Wildman–Crippen MR) is 95.2 cm³/mol. The minimum absolute atomic E-state index is 0.245. The number of benzene rings is 1. The maximum atomic E-state index is 12.4. The highest BCUT2D eigenvalue weighted by atomic mass is 32.1. The van der Waals surface area contributed by atoms with Gasteiger partial charge in [-0.25, -0.2) is 4.98 Å². The quantitative estimate of drug-likeness (QED) is 0.706. The van der Waals surface area contributed by atoms with Gasteiger partial charge in [0, 0.05) is 10.4 Å². The van der Waals surface area contributed by atoms with Crippen LogP contribution in [0.1, 0.15) is 40.2 Å². The molecule has 0 spiro atoms. The van der Waals surface area contributed by atoms with E-state index in [-0.39, 0.29) is 17.8 Å². The smallest absolute Gasteiger partial charge is 0.315 e. The van der Waals surface area contributed by atoms with Crippen LogP contribution in [-0.4, -0.2) is 32.2 Å². The van der Waals surface area contributed by atoms with Crippen molar-refractivity contribution in [1.29, 1.82) is 0 Å². The summed E-state index contributed by atoms with van der Waals surface area (Å²) in [7, 11) is 0. The molecule has 2 heterocycles. The molecular weight excluding hydrogens is 360 g/mol. The lowest BCUT2D eigenvalue weighted by Crippen LogP contribution is -2.15. The van der Waals surface area contributed by atoms with E-state index in [0.717, 1.165) is 34.2 Å². The third-order valence-electron chi connectivity index (χ3n) is 4.03. The lowest BCUT2D eigenvalue weighted by atomic mass is 10.1. The first-order valence-electron chi connectivity index (χ1n) is 7.85. The Kier molecular flexibility index (Phi) is 4.18. The molecule has 1 aromatic carbocycles. The van der Waals surface area contributed by atoms with E-state index in [1.165, 1.54) is 11.3 Å². The zero-order valence-electron chi connectivity index (χ0n) is 13.3. The summed E-state index contributed by atoms with van der Waals surface area (Å²) in [5.74, 6) is -0.824. The highest BCUT2D eigenvalue weighted by Crippen LogP contribution is 2.39. The normalized spacial score (nSPS) is 16.0. The zero-order valence-corrected chi connectivity index (χ0v) is 14.9. The molecule has 9 heteroatoms. The van der Waals surface area contributed by atoms with Crippen LogP contribution in [0, 0.1) is 0 Å². The summed E-state index contributed by atoms with van der Waals surface area (Å²) in [6, 6.07) is 5.19. The fourth-order valence-electron chi connectivity index (χ4n) is 2.85. The van der Waals surface area contributed by atoms with Crippen LogP contribution in [-0.2, 0) is 16.0 Å². The van der Waals surface area contributed by atoms with Gasteiger partial charge >= 0.3 is 5.97 Å².